The van der Waals surface area contributed by atoms with E-state index in [0.29, 0.717) is 6.04 Å². The average Bonchev–Trinajstić information content (AvgIpc) is 2.80. The van der Waals surface area contributed by atoms with E-state index in [1.54, 1.807) is 0 Å². The monoisotopic (exact) mass is 247 g/mol. The number of furan rings is 1. The molecule has 0 saturated carbocycles. The van der Waals surface area contributed by atoms with E-state index in [2.05, 4.69) is 28.2 Å². The maximum atomic E-state index is 5.81. The summed E-state index contributed by atoms with van der Waals surface area (Å²) in [6.07, 6.45) is 1.82. The first kappa shape index (κ1) is 11.0. The van der Waals surface area contributed by atoms with Gasteiger partial charge in [0.05, 0.1) is 11.7 Å². The summed E-state index contributed by atoms with van der Waals surface area (Å²) >= 11 is 0. The fourth-order valence-electron chi connectivity index (χ4n) is 4.56. The molecule has 0 aliphatic carbocycles. The zero-order chi connectivity index (χ0) is 12.2. The largest absolute Gasteiger partial charge is 0.469 e. The molecular formula is C14H21N3O. The molecule has 4 fully saturated rings. The Kier molecular flexibility index (Phi) is 2.34. The van der Waals surface area contributed by atoms with Gasteiger partial charge in [-0.25, -0.2) is 0 Å². The molecule has 1 aromatic rings. The van der Waals surface area contributed by atoms with Crippen LogP contribution < -0.4 is 5.32 Å². The molecule has 5 rings (SSSR count). The van der Waals surface area contributed by atoms with Crippen LogP contribution in [0.2, 0.25) is 0 Å². The van der Waals surface area contributed by atoms with Gasteiger partial charge in [-0.1, -0.05) is 0 Å². The van der Waals surface area contributed by atoms with Crippen LogP contribution in [-0.2, 0) is 5.41 Å². The van der Waals surface area contributed by atoms with E-state index in [4.69, 9.17) is 4.42 Å². The van der Waals surface area contributed by atoms with Crippen LogP contribution in [0.4, 0.5) is 0 Å². The molecule has 3 unspecified atom stereocenters. The summed E-state index contributed by atoms with van der Waals surface area (Å²) in [5.41, 5.74) is 0.149. The van der Waals surface area contributed by atoms with Gasteiger partial charge in [0.1, 0.15) is 5.76 Å². The summed E-state index contributed by atoms with van der Waals surface area (Å²) in [7, 11) is 2.11. The predicted octanol–water partition coefficient (Wildman–Crippen LogP) is 0.366. The van der Waals surface area contributed by atoms with Crippen molar-refractivity contribution in [1.29, 1.82) is 0 Å². The van der Waals surface area contributed by atoms with E-state index in [1.807, 2.05) is 12.3 Å². The predicted molar refractivity (Wildman–Crippen MR) is 69.6 cm³/mol. The first-order valence-corrected chi connectivity index (χ1v) is 6.98. The minimum atomic E-state index is 0.149. The van der Waals surface area contributed by atoms with Crippen molar-refractivity contribution in [2.45, 2.75) is 11.5 Å². The lowest BCUT2D eigenvalue weighted by molar-refractivity contribution is 0.0102. The highest BCUT2D eigenvalue weighted by Gasteiger charge is 2.55. The fraction of sp³-hybridized carbons (Fsp3) is 0.714. The Labute approximate surface area is 108 Å². The molecule has 3 atom stereocenters. The highest BCUT2D eigenvalue weighted by Crippen LogP contribution is 2.43. The molecule has 1 N–H and O–H groups in total. The van der Waals surface area contributed by atoms with Gasteiger partial charge in [0.15, 0.2) is 0 Å². The van der Waals surface area contributed by atoms with Crippen molar-refractivity contribution in [2.75, 3.05) is 46.3 Å². The van der Waals surface area contributed by atoms with Gasteiger partial charge in [0.25, 0.3) is 0 Å². The zero-order valence-electron chi connectivity index (χ0n) is 10.9. The third kappa shape index (κ3) is 1.37. The standard InChI is InChI=1S/C14H21N3O/c1-15-13-11-7-16-4-5-17(8-11)10-14(13,9-16)12-3-2-6-18-12/h2-3,6,11,13,15H,4-5,7-10H2,1H3. The van der Waals surface area contributed by atoms with E-state index in [1.165, 1.54) is 31.9 Å². The van der Waals surface area contributed by atoms with E-state index < -0.39 is 0 Å². The van der Waals surface area contributed by atoms with Gasteiger partial charge in [-0.05, 0) is 19.2 Å². The summed E-state index contributed by atoms with van der Waals surface area (Å²) in [4.78, 5) is 5.27. The molecule has 0 amide bonds. The summed E-state index contributed by atoms with van der Waals surface area (Å²) in [6.45, 7) is 7.19. The Morgan fingerprint density at radius 1 is 1.28 bits per heavy atom. The Morgan fingerprint density at radius 2 is 2.00 bits per heavy atom. The van der Waals surface area contributed by atoms with Crippen LogP contribution in [0.3, 0.4) is 0 Å². The normalized spacial score (nSPS) is 46.3. The molecule has 4 nitrogen and oxygen atoms in total. The number of nitrogens with zero attached hydrogens (tertiary/aromatic N) is 2. The van der Waals surface area contributed by atoms with Crippen LogP contribution in [0.25, 0.3) is 0 Å². The molecule has 4 aliphatic heterocycles. The smallest absolute Gasteiger partial charge is 0.114 e. The van der Waals surface area contributed by atoms with Crippen molar-refractivity contribution in [2.24, 2.45) is 5.92 Å². The number of hydrogen-bond donors (Lipinski definition) is 1. The Bertz CT molecular complexity index is 414. The lowest BCUT2D eigenvalue weighted by Gasteiger charge is -2.54. The van der Waals surface area contributed by atoms with Crippen LogP contribution in [-0.4, -0.2) is 62.2 Å². The van der Waals surface area contributed by atoms with Crippen LogP contribution >= 0.6 is 0 Å². The summed E-state index contributed by atoms with van der Waals surface area (Å²) in [5.74, 6) is 1.90. The van der Waals surface area contributed by atoms with Gasteiger partial charge in [0.2, 0.25) is 0 Å². The van der Waals surface area contributed by atoms with Gasteiger partial charge in [-0.2, -0.15) is 0 Å². The van der Waals surface area contributed by atoms with Crippen molar-refractivity contribution in [3.63, 3.8) is 0 Å². The zero-order valence-corrected chi connectivity index (χ0v) is 10.9. The summed E-state index contributed by atoms with van der Waals surface area (Å²) in [5, 5.41) is 3.59. The van der Waals surface area contributed by atoms with Crippen LogP contribution in [0.1, 0.15) is 5.76 Å². The molecule has 4 heteroatoms. The highest BCUT2D eigenvalue weighted by atomic mass is 16.3. The molecule has 0 aromatic carbocycles. The average molecular weight is 247 g/mol. The minimum Gasteiger partial charge on any atom is -0.469 e. The Hall–Kier alpha value is -0.840. The topological polar surface area (TPSA) is 31.6 Å². The van der Waals surface area contributed by atoms with Gasteiger partial charge in [0, 0.05) is 51.2 Å². The van der Waals surface area contributed by atoms with Gasteiger partial charge < -0.3 is 19.5 Å². The third-order valence-corrected chi connectivity index (χ3v) is 5.12. The van der Waals surface area contributed by atoms with Crippen molar-refractivity contribution < 1.29 is 4.42 Å². The van der Waals surface area contributed by atoms with Crippen molar-refractivity contribution in [1.82, 2.24) is 15.1 Å². The SMILES string of the molecule is CNC1C2CN3CCN(C2)CC1(c1ccco1)C3. The number of piperidine rings is 2. The Balaban J connectivity index is 1.83. The lowest BCUT2D eigenvalue weighted by atomic mass is 9.66. The number of nitrogens with one attached hydrogen (secondary N) is 1. The second-order valence-electron chi connectivity index (χ2n) is 6.13. The summed E-state index contributed by atoms with van der Waals surface area (Å²) < 4.78 is 5.81. The molecule has 18 heavy (non-hydrogen) atoms. The molecule has 5 heterocycles. The molecule has 98 valence electrons. The van der Waals surface area contributed by atoms with E-state index >= 15 is 0 Å². The first-order chi connectivity index (χ1) is 8.82. The maximum Gasteiger partial charge on any atom is 0.114 e. The second-order valence-corrected chi connectivity index (χ2v) is 6.13. The van der Waals surface area contributed by atoms with Crippen molar-refractivity contribution in [3.05, 3.63) is 24.2 Å². The van der Waals surface area contributed by atoms with E-state index in [9.17, 15) is 0 Å². The molecule has 4 bridgehead atoms. The van der Waals surface area contributed by atoms with Crippen LogP contribution in [0.15, 0.2) is 22.8 Å². The van der Waals surface area contributed by atoms with Crippen LogP contribution in [0, 0.1) is 5.92 Å². The first-order valence-electron chi connectivity index (χ1n) is 6.98. The van der Waals surface area contributed by atoms with Crippen molar-refractivity contribution >= 4 is 0 Å². The molecule has 0 spiro atoms. The Morgan fingerprint density at radius 3 is 2.56 bits per heavy atom. The van der Waals surface area contributed by atoms with Gasteiger partial charge in [-0.15, -0.1) is 0 Å². The number of rotatable bonds is 2. The van der Waals surface area contributed by atoms with Gasteiger partial charge >= 0.3 is 0 Å². The summed E-state index contributed by atoms with van der Waals surface area (Å²) in [6, 6.07) is 4.75. The third-order valence-electron chi connectivity index (χ3n) is 5.12. The van der Waals surface area contributed by atoms with Crippen LogP contribution in [0.5, 0.6) is 0 Å². The quantitative estimate of drug-likeness (QED) is 0.818. The fourth-order valence-corrected chi connectivity index (χ4v) is 4.56. The lowest BCUT2D eigenvalue weighted by Crippen LogP contribution is -2.69. The molecule has 0 radical (unpaired) electrons. The van der Waals surface area contributed by atoms with Crippen molar-refractivity contribution in [3.8, 4) is 0 Å². The van der Waals surface area contributed by atoms with E-state index in [0.717, 1.165) is 19.0 Å². The minimum absolute atomic E-state index is 0.149. The second kappa shape index (κ2) is 3.83. The molecular weight excluding hydrogens is 226 g/mol. The highest BCUT2D eigenvalue weighted by molar-refractivity contribution is 5.26. The number of fused-ring (bicyclic) bond motifs is 1. The number of hydrogen-bond acceptors (Lipinski definition) is 4. The van der Waals surface area contributed by atoms with Gasteiger partial charge in [-0.3, -0.25) is 0 Å². The maximum absolute atomic E-state index is 5.81. The molecule has 1 aromatic heterocycles. The number of likely N-dealkylation sites (N-methyl/N-ethyl adjacent to an activating group) is 1. The molecule has 4 aliphatic rings. The van der Waals surface area contributed by atoms with E-state index in [-0.39, 0.29) is 5.41 Å². The molecule has 4 saturated heterocycles.